The number of aliphatic carboxylic acids is 1. The molecule has 3 atom stereocenters. The molecule has 0 amide bonds. The third kappa shape index (κ3) is 34.5. The summed E-state index contributed by atoms with van der Waals surface area (Å²) >= 11 is 0. The van der Waals surface area contributed by atoms with Gasteiger partial charge in [0.25, 0.3) is 0 Å². The standard InChI is InChI=1S/C40H70NO10P/c1-3-5-7-9-11-13-15-17-18-20-21-23-25-27-29-31-38(42)48-33-36(34-49-52(46,47)50-35-37(41)40(44)45)51-39(43)32-30-28-26-24-22-19-16-14-12-10-8-6-4-2/h6,8,12,14,17-19,22,36-37H,3-5,7,9-11,13,15-16,20-21,23-35,41H2,1-2H3,(H,44,45)(H,46,47)/b8-6-,14-12-,18-17-,22-19-. The van der Waals surface area contributed by atoms with Crippen LogP contribution >= 0.6 is 7.82 Å². The van der Waals surface area contributed by atoms with E-state index in [0.717, 1.165) is 77.0 Å². The van der Waals surface area contributed by atoms with E-state index >= 15 is 0 Å². The largest absolute Gasteiger partial charge is 0.480 e. The van der Waals surface area contributed by atoms with Crippen molar-refractivity contribution in [1.29, 1.82) is 0 Å². The Kier molecular flexibility index (Phi) is 33.7. The van der Waals surface area contributed by atoms with Crippen molar-refractivity contribution in [2.75, 3.05) is 19.8 Å². The molecule has 0 heterocycles. The van der Waals surface area contributed by atoms with Gasteiger partial charge in [-0.3, -0.25) is 23.4 Å². The highest BCUT2D eigenvalue weighted by Gasteiger charge is 2.28. The first-order valence-corrected chi connectivity index (χ1v) is 21.2. The van der Waals surface area contributed by atoms with Crippen LogP contribution in [0.2, 0.25) is 0 Å². The zero-order valence-corrected chi connectivity index (χ0v) is 33.0. The number of allylic oxidation sites excluding steroid dienone is 8. The minimum Gasteiger partial charge on any atom is -0.480 e. The Balaban J connectivity index is 4.48. The number of carbonyl (C=O) groups excluding carboxylic acids is 2. The van der Waals surface area contributed by atoms with Gasteiger partial charge in [0.05, 0.1) is 13.2 Å². The molecule has 0 aromatic rings. The lowest BCUT2D eigenvalue weighted by Gasteiger charge is -2.20. The number of ether oxygens (including phenoxy) is 2. The van der Waals surface area contributed by atoms with Gasteiger partial charge in [0.1, 0.15) is 12.6 Å². The summed E-state index contributed by atoms with van der Waals surface area (Å²) in [4.78, 5) is 45.8. The molecule has 0 aliphatic carbocycles. The highest BCUT2D eigenvalue weighted by atomic mass is 31.2. The number of carboxylic acids is 1. The molecule has 0 rings (SSSR count). The molecular weight excluding hydrogens is 685 g/mol. The summed E-state index contributed by atoms with van der Waals surface area (Å²) in [5.74, 6) is -2.43. The molecule has 0 fully saturated rings. The maximum Gasteiger partial charge on any atom is 0.472 e. The van der Waals surface area contributed by atoms with E-state index in [1.54, 1.807) is 0 Å². The first-order chi connectivity index (χ1) is 25.1. The minimum atomic E-state index is -4.72. The van der Waals surface area contributed by atoms with Crippen molar-refractivity contribution in [2.45, 2.75) is 167 Å². The fourth-order valence-corrected chi connectivity index (χ4v) is 5.73. The lowest BCUT2D eigenvalue weighted by atomic mass is 10.1. The fourth-order valence-electron chi connectivity index (χ4n) is 4.95. The summed E-state index contributed by atoms with van der Waals surface area (Å²) < 4.78 is 32.5. The molecule has 3 unspecified atom stereocenters. The van der Waals surface area contributed by atoms with E-state index in [9.17, 15) is 23.8 Å². The Morgan fingerprint density at radius 1 is 0.615 bits per heavy atom. The first kappa shape index (κ1) is 49.4. The second-order valence-corrected chi connectivity index (χ2v) is 14.5. The van der Waals surface area contributed by atoms with E-state index in [1.165, 1.54) is 38.5 Å². The quantitative estimate of drug-likeness (QED) is 0.0241. The Bertz CT molecular complexity index is 1070. The molecule has 0 aliphatic rings. The molecule has 0 saturated carbocycles. The van der Waals surface area contributed by atoms with Crippen LogP contribution in [0.15, 0.2) is 48.6 Å². The topological polar surface area (TPSA) is 172 Å². The molecular formula is C40H70NO10P. The van der Waals surface area contributed by atoms with Crippen molar-refractivity contribution >= 4 is 25.7 Å². The average molecular weight is 756 g/mol. The van der Waals surface area contributed by atoms with Crippen molar-refractivity contribution in [1.82, 2.24) is 0 Å². The number of carbonyl (C=O) groups is 3. The maximum atomic E-state index is 12.5. The Labute approximate surface area is 314 Å². The second-order valence-electron chi connectivity index (χ2n) is 13.0. The van der Waals surface area contributed by atoms with Crippen LogP contribution in [0, 0.1) is 0 Å². The van der Waals surface area contributed by atoms with Gasteiger partial charge in [-0.1, -0.05) is 120 Å². The third-order valence-electron chi connectivity index (χ3n) is 8.06. The number of nitrogens with two attached hydrogens (primary N) is 1. The van der Waals surface area contributed by atoms with E-state index < -0.39 is 51.1 Å². The van der Waals surface area contributed by atoms with Gasteiger partial charge in [-0.15, -0.1) is 0 Å². The van der Waals surface area contributed by atoms with E-state index in [2.05, 4.69) is 67.0 Å². The second kappa shape index (κ2) is 35.5. The molecule has 0 radical (unpaired) electrons. The molecule has 0 aliphatic heterocycles. The van der Waals surface area contributed by atoms with Crippen LogP contribution in [0.4, 0.5) is 0 Å². The zero-order chi connectivity index (χ0) is 38.5. The van der Waals surface area contributed by atoms with Gasteiger partial charge in [0.2, 0.25) is 0 Å². The van der Waals surface area contributed by atoms with Crippen LogP contribution in [0.25, 0.3) is 0 Å². The number of esters is 2. The minimum absolute atomic E-state index is 0.123. The van der Waals surface area contributed by atoms with Crippen LogP contribution in [-0.4, -0.2) is 59.9 Å². The van der Waals surface area contributed by atoms with Gasteiger partial charge in [0.15, 0.2) is 6.10 Å². The molecule has 0 aromatic carbocycles. The number of carboxylic acid groups (broad SMARTS) is 1. The lowest BCUT2D eigenvalue weighted by Crippen LogP contribution is -2.34. The SMILES string of the molecule is CC/C=C\C/C=C\C/C=C\CCCCCC(=O)OC(COC(=O)CCCCCCC/C=C\CCCCCCCC)COP(=O)(O)OCC(N)C(=O)O. The van der Waals surface area contributed by atoms with Crippen LogP contribution in [0.3, 0.4) is 0 Å². The molecule has 11 nitrogen and oxygen atoms in total. The third-order valence-corrected chi connectivity index (χ3v) is 9.01. The number of hydrogen-bond acceptors (Lipinski definition) is 9. The van der Waals surface area contributed by atoms with Crippen molar-refractivity contribution in [3.05, 3.63) is 48.6 Å². The van der Waals surface area contributed by atoms with Crippen molar-refractivity contribution in [3.63, 3.8) is 0 Å². The highest BCUT2D eigenvalue weighted by molar-refractivity contribution is 7.47. The summed E-state index contributed by atoms with van der Waals surface area (Å²) in [7, 11) is -4.72. The Hall–Kier alpha value is -2.56. The molecule has 300 valence electrons. The summed E-state index contributed by atoms with van der Waals surface area (Å²) in [6.45, 7) is 2.62. The van der Waals surface area contributed by atoms with Crippen molar-refractivity contribution < 1.29 is 47.5 Å². The number of phosphoric ester groups is 1. The first-order valence-electron chi connectivity index (χ1n) is 19.7. The van der Waals surface area contributed by atoms with Crippen LogP contribution < -0.4 is 5.73 Å². The zero-order valence-electron chi connectivity index (χ0n) is 32.1. The number of unbranched alkanes of at least 4 members (excludes halogenated alkanes) is 14. The van der Waals surface area contributed by atoms with Crippen LogP contribution in [0.1, 0.15) is 155 Å². The molecule has 4 N–H and O–H groups in total. The van der Waals surface area contributed by atoms with E-state index in [1.807, 2.05) is 0 Å². The van der Waals surface area contributed by atoms with Gasteiger partial charge < -0.3 is 25.2 Å². The summed E-state index contributed by atoms with van der Waals surface area (Å²) in [6, 6.07) is -1.53. The normalized spacial score (nSPS) is 14.4. The number of phosphoric acid groups is 1. The van der Waals surface area contributed by atoms with E-state index in [4.69, 9.17) is 24.8 Å². The summed E-state index contributed by atoms with van der Waals surface area (Å²) in [5.41, 5.74) is 5.31. The maximum absolute atomic E-state index is 12.5. The predicted molar refractivity (Wildman–Crippen MR) is 208 cm³/mol. The van der Waals surface area contributed by atoms with Gasteiger partial charge in [0, 0.05) is 12.8 Å². The molecule has 12 heteroatoms. The number of rotatable bonds is 36. The summed E-state index contributed by atoms with van der Waals surface area (Å²) in [6.07, 6.45) is 37.6. The molecule has 0 bridgehead atoms. The number of hydrogen-bond donors (Lipinski definition) is 3. The van der Waals surface area contributed by atoms with Crippen LogP contribution in [0.5, 0.6) is 0 Å². The predicted octanol–water partition coefficient (Wildman–Crippen LogP) is 9.83. The molecule has 52 heavy (non-hydrogen) atoms. The average Bonchev–Trinajstić information content (AvgIpc) is 3.12. The monoisotopic (exact) mass is 755 g/mol. The Morgan fingerprint density at radius 3 is 1.65 bits per heavy atom. The van der Waals surface area contributed by atoms with Crippen molar-refractivity contribution in [2.24, 2.45) is 5.73 Å². The fraction of sp³-hybridized carbons (Fsp3) is 0.725. The van der Waals surface area contributed by atoms with Gasteiger partial charge >= 0.3 is 25.7 Å². The van der Waals surface area contributed by atoms with E-state index in [0.29, 0.717) is 12.8 Å². The highest BCUT2D eigenvalue weighted by Crippen LogP contribution is 2.43. The lowest BCUT2D eigenvalue weighted by molar-refractivity contribution is -0.161. The Morgan fingerprint density at radius 2 is 1.08 bits per heavy atom. The molecule has 0 spiro atoms. The van der Waals surface area contributed by atoms with Crippen molar-refractivity contribution in [3.8, 4) is 0 Å². The van der Waals surface area contributed by atoms with Gasteiger partial charge in [-0.2, -0.15) is 0 Å². The van der Waals surface area contributed by atoms with E-state index in [-0.39, 0.29) is 19.4 Å². The van der Waals surface area contributed by atoms with Crippen LogP contribution in [-0.2, 0) is 37.5 Å². The van der Waals surface area contributed by atoms with Gasteiger partial charge in [-0.05, 0) is 70.6 Å². The summed E-state index contributed by atoms with van der Waals surface area (Å²) in [5, 5.41) is 8.86. The molecule has 0 aromatic heterocycles. The molecule has 0 saturated heterocycles. The smallest absolute Gasteiger partial charge is 0.472 e. The van der Waals surface area contributed by atoms with Gasteiger partial charge in [-0.25, -0.2) is 4.57 Å².